The fraction of sp³-hybridized carbons (Fsp3) is 0.214. The van der Waals surface area contributed by atoms with Crippen LogP contribution < -0.4 is 20.9 Å². The third-order valence-electron chi connectivity index (χ3n) is 5.17. The van der Waals surface area contributed by atoms with E-state index in [-0.39, 0.29) is 18.1 Å². The van der Waals surface area contributed by atoms with Crippen LogP contribution in [0.15, 0.2) is 66.7 Å². The summed E-state index contributed by atoms with van der Waals surface area (Å²) < 4.78 is 1.09. The van der Waals surface area contributed by atoms with E-state index in [2.05, 4.69) is 20.9 Å². The second-order valence-corrected chi connectivity index (χ2v) is 11.1. The first kappa shape index (κ1) is 34.4. The average molecular weight is 653 g/mol. The van der Waals surface area contributed by atoms with Gasteiger partial charge in [-0.15, -0.1) is 0 Å². The Bertz CT molecular complexity index is 1460. The number of anilines is 3. The van der Waals surface area contributed by atoms with Crippen molar-refractivity contribution in [2.24, 2.45) is 0 Å². The van der Waals surface area contributed by atoms with Gasteiger partial charge >= 0.3 is 18.1 Å². The molecule has 0 fully saturated rings. The predicted molar refractivity (Wildman–Crippen MR) is 176 cm³/mol. The molecule has 0 atom stereocenters. The van der Waals surface area contributed by atoms with Crippen LogP contribution in [0.1, 0.15) is 0 Å². The van der Waals surface area contributed by atoms with Crippen molar-refractivity contribution in [1.82, 2.24) is 20.1 Å². The van der Waals surface area contributed by atoms with E-state index >= 15 is 0 Å². The monoisotopic (exact) mass is 651 g/mol. The van der Waals surface area contributed by atoms with Crippen molar-refractivity contribution in [3.63, 3.8) is 0 Å². The predicted octanol–water partition coefficient (Wildman–Crippen LogP) is 7.59. The molecule has 224 valence electrons. The normalized spacial score (nSPS) is 9.83. The fourth-order valence-electron chi connectivity index (χ4n) is 2.84. The molecule has 4 rings (SSSR count). The lowest BCUT2D eigenvalue weighted by atomic mass is 10.3. The highest BCUT2D eigenvalue weighted by Gasteiger charge is 2.13. The van der Waals surface area contributed by atoms with Crippen LogP contribution in [0, 0.1) is 0 Å². The summed E-state index contributed by atoms with van der Waals surface area (Å²) in [5.41, 5.74) is 2.29. The maximum atomic E-state index is 11.4. The van der Waals surface area contributed by atoms with Crippen LogP contribution in [-0.4, -0.2) is 75.2 Å². The number of nitrogens with zero attached hydrogens (tertiary/aromatic N) is 4. The SMILES string of the molecule is CN(C)C(=O)Nc1ccc(Cl)c(Cl)c1.CN(C)C(=O)Nc1ccc(Cl)cc1.CNC(=O)N(C)c1nc2ccccc2s1. The fourth-order valence-corrected chi connectivity index (χ4v) is 4.19. The molecule has 10 nitrogen and oxygen atoms in total. The van der Waals surface area contributed by atoms with E-state index < -0.39 is 0 Å². The molecule has 0 radical (unpaired) electrons. The summed E-state index contributed by atoms with van der Waals surface area (Å²) in [5, 5.41) is 10.2. The van der Waals surface area contributed by atoms with Crippen molar-refractivity contribution in [1.29, 1.82) is 0 Å². The maximum Gasteiger partial charge on any atom is 0.323 e. The van der Waals surface area contributed by atoms with E-state index in [9.17, 15) is 14.4 Å². The minimum absolute atomic E-state index is 0.151. The number of urea groups is 3. The Labute approximate surface area is 264 Å². The quantitative estimate of drug-likeness (QED) is 0.212. The Balaban J connectivity index is 0.000000221. The van der Waals surface area contributed by atoms with Gasteiger partial charge in [-0.2, -0.15) is 0 Å². The van der Waals surface area contributed by atoms with Crippen LogP contribution in [-0.2, 0) is 0 Å². The van der Waals surface area contributed by atoms with Gasteiger partial charge in [-0.05, 0) is 54.6 Å². The van der Waals surface area contributed by atoms with Crippen molar-refractivity contribution in [3.05, 3.63) is 81.8 Å². The van der Waals surface area contributed by atoms with Gasteiger partial charge in [0.1, 0.15) is 0 Å². The molecule has 3 aromatic carbocycles. The first-order valence-corrected chi connectivity index (χ1v) is 14.3. The number of thiazole rings is 1. The molecule has 6 amide bonds. The Morgan fingerprint density at radius 2 is 1.26 bits per heavy atom. The van der Waals surface area contributed by atoms with Crippen LogP contribution in [0.2, 0.25) is 15.1 Å². The molecule has 1 aromatic heterocycles. The number of hydrogen-bond acceptors (Lipinski definition) is 5. The number of amides is 6. The highest BCUT2D eigenvalue weighted by molar-refractivity contribution is 7.22. The van der Waals surface area contributed by atoms with E-state index in [1.165, 1.54) is 26.0 Å². The van der Waals surface area contributed by atoms with E-state index in [0.717, 1.165) is 15.9 Å². The van der Waals surface area contributed by atoms with Gasteiger partial charge in [-0.1, -0.05) is 58.3 Å². The molecule has 0 aliphatic carbocycles. The molecule has 42 heavy (non-hydrogen) atoms. The zero-order chi connectivity index (χ0) is 31.4. The van der Waals surface area contributed by atoms with Crippen molar-refractivity contribution in [2.75, 3.05) is 57.8 Å². The largest absolute Gasteiger partial charge is 0.341 e. The summed E-state index contributed by atoms with van der Waals surface area (Å²) in [6, 6.07) is 19.2. The number of para-hydroxylation sites is 1. The Morgan fingerprint density at radius 1 is 0.714 bits per heavy atom. The second-order valence-electron chi connectivity index (χ2n) is 8.86. The first-order chi connectivity index (χ1) is 19.8. The molecule has 0 saturated carbocycles. The summed E-state index contributed by atoms with van der Waals surface area (Å²) in [4.78, 5) is 42.6. The Morgan fingerprint density at radius 3 is 1.79 bits per heavy atom. The highest BCUT2D eigenvalue weighted by Crippen LogP contribution is 2.27. The van der Waals surface area contributed by atoms with Gasteiger partial charge in [-0.3, -0.25) is 4.90 Å². The number of benzene rings is 3. The number of carbonyl (C=O) groups excluding carboxylic acids is 3. The van der Waals surface area contributed by atoms with Gasteiger partial charge in [0.2, 0.25) is 0 Å². The number of aromatic nitrogens is 1. The second kappa shape index (κ2) is 16.6. The molecule has 4 aromatic rings. The minimum atomic E-state index is -0.205. The van der Waals surface area contributed by atoms with Crippen LogP contribution in [0.3, 0.4) is 0 Å². The van der Waals surface area contributed by atoms with Gasteiger partial charge in [0.25, 0.3) is 0 Å². The molecule has 14 heteroatoms. The molecule has 0 aliphatic heterocycles. The van der Waals surface area contributed by atoms with Gasteiger partial charge in [-0.25, -0.2) is 19.4 Å². The van der Waals surface area contributed by atoms with Crippen molar-refractivity contribution in [3.8, 4) is 0 Å². The van der Waals surface area contributed by atoms with Gasteiger partial charge < -0.3 is 25.8 Å². The smallest absolute Gasteiger partial charge is 0.323 e. The molecule has 1 heterocycles. The van der Waals surface area contributed by atoms with Crippen LogP contribution in [0.25, 0.3) is 10.2 Å². The Hall–Kier alpha value is -3.77. The van der Waals surface area contributed by atoms with Gasteiger partial charge in [0, 0.05) is 58.7 Å². The summed E-state index contributed by atoms with van der Waals surface area (Å²) in [7, 11) is 10.00. The average Bonchev–Trinajstić information content (AvgIpc) is 3.40. The van der Waals surface area contributed by atoms with E-state index in [0.29, 0.717) is 25.9 Å². The number of halogens is 3. The molecule has 0 spiro atoms. The topological polar surface area (TPSA) is 110 Å². The number of hydrogen-bond donors (Lipinski definition) is 3. The molecular weight excluding hydrogens is 621 g/mol. The zero-order valence-corrected chi connectivity index (χ0v) is 27.0. The summed E-state index contributed by atoms with van der Waals surface area (Å²) in [6.07, 6.45) is 0. The number of carbonyl (C=O) groups is 3. The van der Waals surface area contributed by atoms with Crippen LogP contribution in [0.4, 0.5) is 30.9 Å². The van der Waals surface area contributed by atoms with Crippen LogP contribution in [0.5, 0.6) is 0 Å². The lowest BCUT2D eigenvalue weighted by Crippen LogP contribution is -2.34. The lowest BCUT2D eigenvalue weighted by Gasteiger charge is -2.12. The number of nitrogens with one attached hydrogen (secondary N) is 3. The molecule has 0 aliphatic rings. The molecule has 0 saturated heterocycles. The molecular formula is C28H32Cl3N7O3S. The van der Waals surface area contributed by atoms with Crippen LogP contribution >= 0.6 is 46.1 Å². The maximum absolute atomic E-state index is 11.4. The van der Waals surface area contributed by atoms with Crippen molar-refractivity contribution in [2.45, 2.75) is 0 Å². The summed E-state index contributed by atoms with van der Waals surface area (Å²) >= 11 is 18.7. The molecule has 0 unspecified atom stereocenters. The van der Waals surface area contributed by atoms with E-state index in [4.69, 9.17) is 34.8 Å². The number of fused-ring (bicyclic) bond motifs is 1. The summed E-state index contributed by atoms with van der Waals surface area (Å²) in [5.74, 6) is 0. The number of rotatable bonds is 3. The zero-order valence-electron chi connectivity index (χ0n) is 23.9. The van der Waals surface area contributed by atoms with Gasteiger partial charge in [0.15, 0.2) is 5.13 Å². The molecule has 0 bridgehead atoms. The van der Waals surface area contributed by atoms with E-state index in [1.807, 2.05) is 24.3 Å². The third kappa shape index (κ3) is 10.9. The first-order valence-electron chi connectivity index (χ1n) is 12.3. The molecule has 3 N–H and O–H groups in total. The lowest BCUT2D eigenvalue weighted by molar-refractivity contribution is 0.230. The highest BCUT2D eigenvalue weighted by atomic mass is 35.5. The third-order valence-corrected chi connectivity index (χ3v) is 7.27. The Kier molecular flexibility index (Phi) is 13.6. The van der Waals surface area contributed by atoms with Crippen molar-refractivity contribution < 1.29 is 14.4 Å². The summed E-state index contributed by atoms with van der Waals surface area (Å²) in [6.45, 7) is 0. The standard InChI is InChI=1S/C10H11N3OS.C9H10Cl2N2O.C9H11ClN2O/c1-11-9(14)13(2)10-12-7-5-3-4-6-8(7)15-10;1-13(2)9(14)12-6-3-4-7(10)8(11)5-6;1-12(2)9(13)11-8-5-3-7(10)4-6-8/h3-6H,1-2H3,(H,11,14);3-5H,1-2H3,(H,12,14);3-6H,1-2H3,(H,11,13). The van der Waals surface area contributed by atoms with E-state index in [1.54, 1.807) is 84.8 Å². The minimum Gasteiger partial charge on any atom is -0.341 e. The van der Waals surface area contributed by atoms with Gasteiger partial charge in [0.05, 0.1) is 20.3 Å². The van der Waals surface area contributed by atoms with Crippen molar-refractivity contribution >= 4 is 91.0 Å².